The number of carbonyl (C=O) groups is 1. The third kappa shape index (κ3) is 4.60. The summed E-state index contributed by atoms with van der Waals surface area (Å²) in [4.78, 5) is 12.7. The van der Waals surface area contributed by atoms with Crippen molar-refractivity contribution in [2.45, 2.75) is 4.90 Å². The maximum atomic E-state index is 13.0. The van der Waals surface area contributed by atoms with E-state index >= 15 is 0 Å². The summed E-state index contributed by atoms with van der Waals surface area (Å²) in [5, 5.41) is 2.73. The van der Waals surface area contributed by atoms with Gasteiger partial charge in [-0.1, -0.05) is 24.3 Å². The Bertz CT molecular complexity index is 1130. The van der Waals surface area contributed by atoms with Crippen LogP contribution in [0.2, 0.25) is 0 Å². The van der Waals surface area contributed by atoms with Crippen LogP contribution in [0.15, 0.2) is 82.2 Å². The lowest BCUT2D eigenvalue weighted by atomic mass is 10.2. The Morgan fingerprint density at radius 3 is 2.41 bits per heavy atom. The van der Waals surface area contributed by atoms with Crippen molar-refractivity contribution >= 4 is 43.2 Å². The van der Waals surface area contributed by atoms with E-state index < -0.39 is 10.0 Å². The van der Waals surface area contributed by atoms with Crippen LogP contribution in [-0.2, 0) is 10.0 Å². The van der Waals surface area contributed by atoms with E-state index in [1.807, 2.05) is 6.07 Å². The van der Waals surface area contributed by atoms with E-state index in [9.17, 15) is 13.2 Å². The predicted octanol–water partition coefficient (Wildman–Crippen LogP) is 4.54. The third-order valence-corrected chi connectivity index (χ3v) is 6.76. The maximum absolute atomic E-state index is 13.0. The molecule has 0 spiro atoms. The Kier molecular flexibility index (Phi) is 6.24. The Labute approximate surface area is 178 Å². The molecule has 0 radical (unpaired) electrons. The molecule has 1 amide bonds. The lowest BCUT2D eigenvalue weighted by molar-refractivity contribution is 0.102. The number of carbonyl (C=O) groups excluding carboxylic acids is 1. The molecule has 8 heteroatoms. The number of halogens is 1. The maximum Gasteiger partial charge on any atom is 0.264 e. The molecule has 0 aliphatic carbocycles. The average molecular weight is 475 g/mol. The molecule has 0 unspecified atom stereocenters. The lowest BCUT2D eigenvalue weighted by Crippen LogP contribution is -2.26. The number of benzene rings is 3. The van der Waals surface area contributed by atoms with E-state index in [1.54, 1.807) is 54.6 Å². The molecule has 0 fully saturated rings. The second-order valence-electron chi connectivity index (χ2n) is 6.14. The molecule has 0 aromatic heterocycles. The summed E-state index contributed by atoms with van der Waals surface area (Å²) in [6.45, 7) is 0. The molecular weight excluding hydrogens is 456 g/mol. The minimum Gasteiger partial charge on any atom is -0.497 e. The third-order valence-electron chi connectivity index (χ3n) is 4.29. The largest absolute Gasteiger partial charge is 0.497 e. The van der Waals surface area contributed by atoms with Crippen molar-refractivity contribution < 1.29 is 17.9 Å². The minimum absolute atomic E-state index is 0.0753. The number of para-hydroxylation sites is 1. The van der Waals surface area contributed by atoms with Gasteiger partial charge in [0, 0.05) is 17.2 Å². The van der Waals surface area contributed by atoms with Gasteiger partial charge in [0.1, 0.15) is 5.75 Å². The van der Waals surface area contributed by atoms with Crippen LogP contribution in [-0.4, -0.2) is 28.5 Å². The molecule has 3 aromatic rings. The SMILES string of the molecule is COc1ccc(Br)c(C(=O)Nc2cccc(S(=O)(=O)N(C)c3ccccc3)c2)c1. The molecule has 29 heavy (non-hydrogen) atoms. The first kappa shape index (κ1) is 20.9. The molecule has 3 aromatic carbocycles. The van der Waals surface area contributed by atoms with Gasteiger partial charge >= 0.3 is 0 Å². The fourth-order valence-corrected chi connectivity index (χ4v) is 4.34. The van der Waals surface area contributed by atoms with Crippen molar-refractivity contribution in [2.75, 3.05) is 23.8 Å². The molecule has 0 saturated carbocycles. The van der Waals surface area contributed by atoms with E-state index in [2.05, 4.69) is 21.2 Å². The molecule has 0 bridgehead atoms. The molecule has 0 atom stereocenters. The van der Waals surface area contributed by atoms with Crippen molar-refractivity contribution in [2.24, 2.45) is 0 Å². The highest BCUT2D eigenvalue weighted by molar-refractivity contribution is 9.10. The Balaban J connectivity index is 1.87. The molecular formula is C21H19BrN2O4S. The molecule has 150 valence electrons. The number of nitrogens with one attached hydrogen (secondary N) is 1. The van der Waals surface area contributed by atoms with Gasteiger partial charge in [-0.2, -0.15) is 0 Å². The van der Waals surface area contributed by atoms with Crippen LogP contribution >= 0.6 is 15.9 Å². The van der Waals surface area contributed by atoms with Crippen LogP contribution < -0.4 is 14.4 Å². The quantitative estimate of drug-likeness (QED) is 0.568. The summed E-state index contributed by atoms with van der Waals surface area (Å²) >= 11 is 3.35. The van der Waals surface area contributed by atoms with Crippen LogP contribution in [0.1, 0.15) is 10.4 Å². The number of hydrogen-bond acceptors (Lipinski definition) is 4. The van der Waals surface area contributed by atoms with Crippen molar-refractivity contribution in [3.8, 4) is 5.75 Å². The summed E-state index contributed by atoms with van der Waals surface area (Å²) in [7, 11) is -0.775. The number of hydrogen-bond donors (Lipinski definition) is 1. The van der Waals surface area contributed by atoms with Gasteiger partial charge in [-0.15, -0.1) is 0 Å². The predicted molar refractivity (Wildman–Crippen MR) is 117 cm³/mol. The number of sulfonamides is 1. The topological polar surface area (TPSA) is 75.7 Å². The number of nitrogens with zero attached hydrogens (tertiary/aromatic N) is 1. The Morgan fingerprint density at radius 1 is 1.00 bits per heavy atom. The smallest absolute Gasteiger partial charge is 0.264 e. The van der Waals surface area contributed by atoms with Gasteiger partial charge in [0.25, 0.3) is 15.9 Å². The minimum atomic E-state index is -3.78. The van der Waals surface area contributed by atoms with Crippen molar-refractivity contribution in [1.29, 1.82) is 0 Å². The first-order chi connectivity index (χ1) is 13.8. The molecule has 0 aliphatic heterocycles. The first-order valence-electron chi connectivity index (χ1n) is 8.62. The first-order valence-corrected chi connectivity index (χ1v) is 10.8. The zero-order valence-corrected chi connectivity index (χ0v) is 18.2. The van der Waals surface area contributed by atoms with Crippen LogP contribution in [0, 0.1) is 0 Å². The van der Waals surface area contributed by atoms with Gasteiger partial charge in [-0.25, -0.2) is 8.42 Å². The van der Waals surface area contributed by atoms with E-state index in [0.717, 1.165) is 0 Å². The van der Waals surface area contributed by atoms with Crippen LogP contribution in [0.3, 0.4) is 0 Å². The van der Waals surface area contributed by atoms with Gasteiger partial charge in [0.05, 0.1) is 23.3 Å². The standard InChI is InChI=1S/C21H19BrN2O4S/c1-24(16-8-4-3-5-9-16)29(26,27)18-10-6-7-15(13-18)23-21(25)19-14-17(28-2)11-12-20(19)22/h3-14H,1-2H3,(H,23,25). The van der Waals surface area contributed by atoms with Gasteiger partial charge < -0.3 is 10.1 Å². The fraction of sp³-hybridized carbons (Fsp3) is 0.0952. The molecule has 1 N–H and O–H groups in total. The molecule has 6 nitrogen and oxygen atoms in total. The number of rotatable bonds is 6. The Morgan fingerprint density at radius 2 is 1.72 bits per heavy atom. The monoisotopic (exact) mass is 474 g/mol. The molecule has 0 heterocycles. The van der Waals surface area contributed by atoms with E-state index in [-0.39, 0.29) is 10.8 Å². The van der Waals surface area contributed by atoms with Crippen LogP contribution in [0.4, 0.5) is 11.4 Å². The second kappa shape index (κ2) is 8.67. The molecule has 0 aliphatic rings. The highest BCUT2D eigenvalue weighted by Crippen LogP contribution is 2.26. The summed E-state index contributed by atoms with van der Waals surface area (Å²) in [6.07, 6.45) is 0. The van der Waals surface area contributed by atoms with Gasteiger partial charge in [-0.3, -0.25) is 9.10 Å². The normalized spacial score (nSPS) is 11.0. The fourth-order valence-electron chi connectivity index (χ4n) is 2.67. The highest BCUT2D eigenvalue weighted by atomic mass is 79.9. The van der Waals surface area contributed by atoms with Crippen molar-refractivity contribution in [3.63, 3.8) is 0 Å². The molecule has 3 rings (SSSR count). The summed E-state index contributed by atoms with van der Waals surface area (Å²) < 4.78 is 32.9. The average Bonchev–Trinajstić information content (AvgIpc) is 2.74. The summed E-state index contributed by atoms with van der Waals surface area (Å²) in [5.41, 5.74) is 1.29. The van der Waals surface area contributed by atoms with E-state index in [1.165, 1.54) is 30.6 Å². The van der Waals surface area contributed by atoms with Gasteiger partial charge in [0.15, 0.2) is 0 Å². The Hall–Kier alpha value is -2.84. The van der Waals surface area contributed by atoms with Gasteiger partial charge in [-0.05, 0) is 64.5 Å². The number of amides is 1. The van der Waals surface area contributed by atoms with E-state index in [4.69, 9.17) is 4.74 Å². The van der Waals surface area contributed by atoms with E-state index in [0.29, 0.717) is 27.2 Å². The van der Waals surface area contributed by atoms with Crippen molar-refractivity contribution in [1.82, 2.24) is 0 Å². The lowest BCUT2D eigenvalue weighted by Gasteiger charge is -2.20. The summed E-state index contributed by atoms with van der Waals surface area (Å²) in [5.74, 6) is 0.154. The molecule has 0 saturated heterocycles. The zero-order valence-electron chi connectivity index (χ0n) is 15.8. The zero-order chi connectivity index (χ0) is 21.0. The highest BCUT2D eigenvalue weighted by Gasteiger charge is 2.22. The summed E-state index contributed by atoms with van der Waals surface area (Å²) in [6, 6.07) is 20.0. The number of methoxy groups -OCH3 is 1. The second-order valence-corrected chi connectivity index (χ2v) is 8.96. The van der Waals surface area contributed by atoms with Crippen LogP contribution in [0.25, 0.3) is 0 Å². The van der Waals surface area contributed by atoms with Gasteiger partial charge in [0.2, 0.25) is 0 Å². The van der Waals surface area contributed by atoms with Crippen molar-refractivity contribution in [3.05, 3.63) is 82.8 Å². The number of anilines is 2. The van der Waals surface area contributed by atoms with Crippen LogP contribution in [0.5, 0.6) is 5.75 Å². The number of ether oxygens (including phenoxy) is 1.